The second-order valence-electron chi connectivity index (χ2n) is 4.95. The first-order chi connectivity index (χ1) is 10.0. The average molecular weight is 301 g/mol. The number of rotatable bonds is 7. The highest BCUT2D eigenvalue weighted by Gasteiger charge is 2.22. The van der Waals surface area contributed by atoms with Gasteiger partial charge in [0, 0.05) is 19.5 Å². The summed E-state index contributed by atoms with van der Waals surface area (Å²) < 4.78 is 4.46. The molecule has 1 atom stereocenters. The number of amides is 1. The number of nitrogens with one attached hydrogen (secondary N) is 2. The predicted molar refractivity (Wildman–Crippen MR) is 74.7 cm³/mol. The molecule has 3 N–H and O–H groups in total. The summed E-state index contributed by atoms with van der Waals surface area (Å²) >= 11 is 0. The number of carbonyl (C=O) groups excluding carboxylic acids is 2. The number of hydrogen-bond donors (Lipinski definition) is 3. The summed E-state index contributed by atoms with van der Waals surface area (Å²) in [6.45, 7) is 3.48. The molecule has 0 bridgehead atoms. The molecule has 1 aliphatic rings. The van der Waals surface area contributed by atoms with Gasteiger partial charge >= 0.3 is 11.9 Å². The van der Waals surface area contributed by atoms with Crippen LogP contribution in [0.1, 0.15) is 19.3 Å². The van der Waals surface area contributed by atoms with Crippen molar-refractivity contribution in [3.05, 3.63) is 0 Å². The molecular formula is C13H23N3O5. The third kappa shape index (κ3) is 7.05. The first kappa shape index (κ1) is 17.4. The molecule has 8 heteroatoms. The minimum Gasteiger partial charge on any atom is -0.480 e. The summed E-state index contributed by atoms with van der Waals surface area (Å²) in [6, 6.07) is -1.07. The van der Waals surface area contributed by atoms with E-state index < -0.39 is 18.0 Å². The molecule has 0 aromatic rings. The molecule has 0 aromatic heterocycles. The number of carbonyl (C=O) groups is 3. The second kappa shape index (κ2) is 9.30. The van der Waals surface area contributed by atoms with E-state index in [1.807, 2.05) is 4.90 Å². The first-order valence-corrected chi connectivity index (χ1v) is 7.05. The normalized spacial score (nSPS) is 17.6. The van der Waals surface area contributed by atoms with Crippen LogP contribution in [0.25, 0.3) is 0 Å². The van der Waals surface area contributed by atoms with Crippen LogP contribution in [0.4, 0.5) is 0 Å². The van der Waals surface area contributed by atoms with Crippen molar-refractivity contribution in [2.24, 2.45) is 0 Å². The predicted octanol–water partition coefficient (Wildman–Crippen LogP) is -1.20. The number of nitrogens with zero attached hydrogens (tertiary/aromatic N) is 1. The van der Waals surface area contributed by atoms with Crippen LogP contribution < -0.4 is 10.6 Å². The van der Waals surface area contributed by atoms with Gasteiger partial charge in [-0.05, 0) is 25.9 Å². The van der Waals surface area contributed by atoms with Gasteiger partial charge in [0.2, 0.25) is 5.91 Å². The van der Waals surface area contributed by atoms with Gasteiger partial charge in [0.15, 0.2) is 0 Å². The number of aliphatic carboxylic acids is 1. The maximum atomic E-state index is 11.9. The van der Waals surface area contributed by atoms with E-state index in [0.717, 1.165) is 32.6 Å². The van der Waals surface area contributed by atoms with Crippen LogP contribution in [-0.4, -0.2) is 73.7 Å². The molecule has 0 saturated carbocycles. The standard InChI is InChI=1S/C13H23N3O5/c1-21-12(18)4-3-10(13(19)20)15-11(17)9-16-7-2-5-14-6-8-16/h10,14H,2-9H2,1H3,(H,15,17)(H,19,20)/t10-/m1/s1. The smallest absolute Gasteiger partial charge is 0.326 e. The van der Waals surface area contributed by atoms with E-state index in [1.54, 1.807) is 0 Å². The Morgan fingerprint density at radius 2 is 2.10 bits per heavy atom. The maximum Gasteiger partial charge on any atom is 0.326 e. The fraction of sp³-hybridized carbons (Fsp3) is 0.769. The minimum atomic E-state index is -1.15. The lowest BCUT2D eigenvalue weighted by molar-refractivity contribution is -0.144. The van der Waals surface area contributed by atoms with Crippen molar-refractivity contribution < 1.29 is 24.2 Å². The van der Waals surface area contributed by atoms with Gasteiger partial charge in [0.05, 0.1) is 13.7 Å². The van der Waals surface area contributed by atoms with Crippen molar-refractivity contribution in [3.63, 3.8) is 0 Å². The highest BCUT2D eigenvalue weighted by atomic mass is 16.5. The minimum absolute atomic E-state index is 0.0231. The van der Waals surface area contributed by atoms with Crippen molar-refractivity contribution in [3.8, 4) is 0 Å². The molecule has 1 heterocycles. The van der Waals surface area contributed by atoms with Crippen LogP contribution in [0.5, 0.6) is 0 Å². The van der Waals surface area contributed by atoms with E-state index in [-0.39, 0.29) is 25.3 Å². The Hall–Kier alpha value is -1.67. The SMILES string of the molecule is COC(=O)CC[C@@H](NC(=O)CN1CCCNCC1)C(=O)O. The molecule has 21 heavy (non-hydrogen) atoms. The fourth-order valence-electron chi connectivity index (χ4n) is 2.12. The Morgan fingerprint density at radius 3 is 2.76 bits per heavy atom. The van der Waals surface area contributed by atoms with Crippen molar-refractivity contribution >= 4 is 17.8 Å². The Morgan fingerprint density at radius 1 is 1.33 bits per heavy atom. The molecule has 0 unspecified atom stereocenters. The first-order valence-electron chi connectivity index (χ1n) is 7.05. The van der Waals surface area contributed by atoms with Crippen molar-refractivity contribution in [1.29, 1.82) is 0 Å². The van der Waals surface area contributed by atoms with E-state index >= 15 is 0 Å². The second-order valence-corrected chi connectivity index (χ2v) is 4.95. The quantitative estimate of drug-likeness (QED) is 0.507. The lowest BCUT2D eigenvalue weighted by Crippen LogP contribution is -2.46. The lowest BCUT2D eigenvalue weighted by atomic mass is 10.1. The third-order valence-corrected chi connectivity index (χ3v) is 3.30. The number of carboxylic acid groups (broad SMARTS) is 1. The molecule has 120 valence electrons. The summed E-state index contributed by atoms with van der Waals surface area (Å²) in [7, 11) is 1.24. The van der Waals surface area contributed by atoms with E-state index in [2.05, 4.69) is 15.4 Å². The maximum absolute atomic E-state index is 11.9. The number of esters is 1. The molecule has 0 aromatic carbocycles. The highest BCUT2D eigenvalue weighted by molar-refractivity contribution is 5.85. The largest absolute Gasteiger partial charge is 0.480 e. The Balaban J connectivity index is 2.40. The molecule has 1 rings (SSSR count). The van der Waals surface area contributed by atoms with Crippen LogP contribution in [0, 0.1) is 0 Å². The Labute approximate surface area is 123 Å². The van der Waals surface area contributed by atoms with Crippen LogP contribution in [-0.2, 0) is 19.1 Å². The molecule has 0 spiro atoms. The van der Waals surface area contributed by atoms with Gasteiger partial charge in [-0.2, -0.15) is 0 Å². The Bertz CT molecular complexity index is 367. The third-order valence-electron chi connectivity index (χ3n) is 3.30. The van der Waals surface area contributed by atoms with E-state index in [4.69, 9.17) is 5.11 Å². The topological polar surface area (TPSA) is 108 Å². The number of methoxy groups -OCH3 is 1. The summed E-state index contributed by atoms with van der Waals surface area (Å²) in [6.07, 6.45) is 0.939. The van der Waals surface area contributed by atoms with Gasteiger partial charge in [-0.15, -0.1) is 0 Å². The molecule has 1 fully saturated rings. The molecule has 8 nitrogen and oxygen atoms in total. The zero-order valence-electron chi connectivity index (χ0n) is 12.3. The number of ether oxygens (including phenoxy) is 1. The number of hydrogen-bond acceptors (Lipinski definition) is 6. The fourth-order valence-corrected chi connectivity index (χ4v) is 2.12. The van der Waals surface area contributed by atoms with Crippen LogP contribution in [0.15, 0.2) is 0 Å². The van der Waals surface area contributed by atoms with Crippen molar-refractivity contribution in [2.45, 2.75) is 25.3 Å². The average Bonchev–Trinajstić information content (AvgIpc) is 2.71. The molecular weight excluding hydrogens is 278 g/mol. The van der Waals surface area contributed by atoms with Crippen LogP contribution in [0.3, 0.4) is 0 Å². The summed E-state index contributed by atoms with van der Waals surface area (Å²) in [4.78, 5) is 36.0. The molecule has 1 saturated heterocycles. The van der Waals surface area contributed by atoms with Gasteiger partial charge in [0.1, 0.15) is 6.04 Å². The molecule has 0 aliphatic carbocycles. The van der Waals surface area contributed by atoms with Gasteiger partial charge in [-0.1, -0.05) is 0 Å². The van der Waals surface area contributed by atoms with Gasteiger partial charge < -0.3 is 20.5 Å². The summed E-state index contributed by atoms with van der Waals surface area (Å²) in [5.41, 5.74) is 0. The summed E-state index contributed by atoms with van der Waals surface area (Å²) in [5, 5.41) is 14.8. The zero-order valence-corrected chi connectivity index (χ0v) is 12.3. The zero-order chi connectivity index (χ0) is 15.7. The Kier molecular flexibility index (Phi) is 7.70. The van der Waals surface area contributed by atoms with Crippen LogP contribution in [0.2, 0.25) is 0 Å². The summed E-state index contributed by atoms with van der Waals surface area (Å²) in [5.74, 6) is -1.98. The molecule has 0 radical (unpaired) electrons. The van der Waals surface area contributed by atoms with E-state index in [0.29, 0.717) is 0 Å². The number of carboxylic acids is 1. The monoisotopic (exact) mass is 301 g/mol. The molecule has 1 aliphatic heterocycles. The van der Waals surface area contributed by atoms with E-state index in [1.165, 1.54) is 7.11 Å². The lowest BCUT2D eigenvalue weighted by Gasteiger charge is -2.20. The van der Waals surface area contributed by atoms with Crippen molar-refractivity contribution in [1.82, 2.24) is 15.5 Å². The van der Waals surface area contributed by atoms with Gasteiger partial charge in [-0.3, -0.25) is 14.5 Å². The van der Waals surface area contributed by atoms with Gasteiger partial charge in [0.25, 0.3) is 0 Å². The molecule has 1 amide bonds. The highest BCUT2D eigenvalue weighted by Crippen LogP contribution is 2.01. The van der Waals surface area contributed by atoms with Crippen molar-refractivity contribution in [2.75, 3.05) is 39.8 Å². The van der Waals surface area contributed by atoms with E-state index in [9.17, 15) is 14.4 Å². The van der Waals surface area contributed by atoms with Crippen LogP contribution >= 0.6 is 0 Å². The van der Waals surface area contributed by atoms with Gasteiger partial charge in [-0.25, -0.2) is 4.79 Å².